The van der Waals surface area contributed by atoms with Crippen LogP contribution in [0.5, 0.6) is 5.75 Å². The lowest BCUT2D eigenvalue weighted by Gasteiger charge is -2.39. The van der Waals surface area contributed by atoms with Crippen LogP contribution in [-0.4, -0.2) is 31.2 Å². The number of thioether (sulfide) groups is 1. The molecule has 1 heterocycles. The molecular weight excluding hydrogens is 254 g/mol. The van der Waals surface area contributed by atoms with E-state index in [1.54, 1.807) is 7.11 Å². The highest BCUT2D eigenvalue weighted by molar-refractivity contribution is 7.99. The van der Waals surface area contributed by atoms with E-state index in [0.29, 0.717) is 11.5 Å². The van der Waals surface area contributed by atoms with Crippen molar-refractivity contribution < 1.29 is 4.74 Å². The SMILES string of the molecule is COc1cccc(CCNC2CSCCC2(C)C)c1. The van der Waals surface area contributed by atoms with Gasteiger partial charge < -0.3 is 10.1 Å². The van der Waals surface area contributed by atoms with Gasteiger partial charge in [0.1, 0.15) is 5.75 Å². The van der Waals surface area contributed by atoms with Gasteiger partial charge in [0.25, 0.3) is 0 Å². The summed E-state index contributed by atoms with van der Waals surface area (Å²) in [6, 6.07) is 9.00. The van der Waals surface area contributed by atoms with E-state index in [4.69, 9.17) is 4.74 Å². The zero-order chi connectivity index (χ0) is 13.7. The molecule has 1 aromatic carbocycles. The summed E-state index contributed by atoms with van der Waals surface area (Å²) in [5, 5.41) is 3.74. The van der Waals surface area contributed by atoms with E-state index >= 15 is 0 Å². The highest BCUT2D eigenvalue weighted by Crippen LogP contribution is 2.34. The largest absolute Gasteiger partial charge is 0.497 e. The minimum absolute atomic E-state index is 0.430. The summed E-state index contributed by atoms with van der Waals surface area (Å²) in [6.07, 6.45) is 2.38. The maximum absolute atomic E-state index is 5.26. The number of benzene rings is 1. The molecule has 2 nitrogen and oxygen atoms in total. The molecule has 1 saturated heterocycles. The molecule has 0 aromatic heterocycles. The van der Waals surface area contributed by atoms with Crippen LogP contribution >= 0.6 is 11.8 Å². The second kappa shape index (κ2) is 6.67. The van der Waals surface area contributed by atoms with E-state index in [2.05, 4.69) is 49.1 Å². The summed E-state index contributed by atoms with van der Waals surface area (Å²) in [5.74, 6) is 3.50. The molecule has 2 rings (SSSR count). The van der Waals surface area contributed by atoms with Gasteiger partial charge in [0.05, 0.1) is 7.11 Å². The quantitative estimate of drug-likeness (QED) is 0.893. The lowest BCUT2D eigenvalue weighted by atomic mass is 9.82. The van der Waals surface area contributed by atoms with Gasteiger partial charge in [-0.1, -0.05) is 26.0 Å². The van der Waals surface area contributed by atoms with Crippen LogP contribution in [0, 0.1) is 5.41 Å². The number of nitrogens with one attached hydrogen (secondary N) is 1. The fourth-order valence-electron chi connectivity index (χ4n) is 2.49. The van der Waals surface area contributed by atoms with Crippen LogP contribution in [0.25, 0.3) is 0 Å². The smallest absolute Gasteiger partial charge is 0.119 e. The van der Waals surface area contributed by atoms with Crippen LogP contribution in [0.1, 0.15) is 25.8 Å². The van der Waals surface area contributed by atoms with Crippen molar-refractivity contribution in [3.8, 4) is 5.75 Å². The molecule has 1 aliphatic heterocycles. The summed E-state index contributed by atoms with van der Waals surface area (Å²) < 4.78 is 5.26. The van der Waals surface area contributed by atoms with Crippen LogP contribution in [0.2, 0.25) is 0 Å². The molecule has 19 heavy (non-hydrogen) atoms. The Labute approximate surface area is 121 Å². The topological polar surface area (TPSA) is 21.3 Å². The van der Waals surface area contributed by atoms with Gasteiger partial charge in [0.2, 0.25) is 0 Å². The minimum Gasteiger partial charge on any atom is -0.497 e. The van der Waals surface area contributed by atoms with Gasteiger partial charge in [-0.05, 0) is 48.3 Å². The highest BCUT2D eigenvalue weighted by atomic mass is 32.2. The predicted molar refractivity (Wildman–Crippen MR) is 84.2 cm³/mol. The first-order chi connectivity index (χ1) is 9.12. The molecule has 0 radical (unpaired) electrons. The summed E-state index contributed by atoms with van der Waals surface area (Å²) in [6.45, 7) is 5.81. The number of methoxy groups -OCH3 is 1. The summed E-state index contributed by atoms with van der Waals surface area (Å²) in [4.78, 5) is 0. The van der Waals surface area contributed by atoms with Crippen molar-refractivity contribution >= 4 is 11.8 Å². The van der Waals surface area contributed by atoms with Gasteiger partial charge in [-0.15, -0.1) is 0 Å². The molecule has 0 aliphatic carbocycles. The number of rotatable bonds is 5. The standard InChI is InChI=1S/C16H25NOS/c1-16(2)8-10-19-12-15(16)17-9-7-13-5-4-6-14(11-13)18-3/h4-6,11,15,17H,7-10,12H2,1-3H3. The fourth-order valence-corrected chi connectivity index (χ4v) is 4.13. The molecule has 1 atom stereocenters. The number of hydrogen-bond donors (Lipinski definition) is 1. The lowest BCUT2D eigenvalue weighted by Crippen LogP contribution is -2.47. The Bertz CT molecular complexity index is 405. The first-order valence-corrected chi connectivity index (χ1v) is 8.21. The zero-order valence-electron chi connectivity index (χ0n) is 12.2. The average Bonchev–Trinajstić information content (AvgIpc) is 2.41. The molecule has 0 spiro atoms. The Morgan fingerprint density at radius 2 is 2.26 bits per heavy atom. The highest BCUT2D eigenvalue weighted by Gasteiger charge is 2.31. The fraction of sp³-hybridized carbons (Fsp3) is 0.625. The van der Waals surface area contributed by atoms with E-state index in [9.17, 15) is 0 Å². The third-order valence-electron chi connectivity index (χ3n) is 4.06. The average molecular weight is 279 g/mol. The Balaban J connectivity index is 1.82. The molecule has 1 aliphatic rings. The molecule has 1 fully saturated rings. The maximum Gasteiger partial charge on any atom is 0.119 e. The van der Waals surface area contributed by atoms with E-state index in [1.807, 2.05) is 6.07 Å². The molecule has 0 amide bonds. The van der Waals surface area contributed by atoms with Crippen molar-refractivity contribution in [3.63, 3.8) is 0 Å². The van der Waals surface area contributed by atoms with Crippen molar-refractivity contribution in [1.82, 2.24) is 5.32 Å². The molecule has 106 valence electrons. The van der Waals surface area contributed by atoms with Gasteiger partial charge in [-0.2, -0.15) is 11.8 Å². The third-order valence-corrected chi connectivity index (χ3v) is 5.12. The first-order valence-electron chi connectivity index (χ1n) is 7.06. The monoisotopic (exact) mass is 279 g/mol. The summed E-state index contributed by atoms with van der Waals surface area (Å²) in [7, 11) is 1.72. The van der Waals surface area contributed by atoms with Crippen LogP contribution in [-0.2, 0) is 6.42 Å². The Morgan fingerprint density at radius 1 is 1.42 bits per heavy atom. The van der Waals surface area contributed by atoms with E-state index in [0.717, 1.165) is 18.7 Å². The molecule has 1 aromatic rings. The summed E-state index contributed by atoms with van der Waals surface area (Å²) in [5.41, 5.74) is 1.77. The number of ether oxygens (including phenoxy) is 1. The second-order valence-electron chi connectivity index (χ2n) is 5.92. The Morgan fingerprint density at radius 3 is 3.00 bits per heavy atom. The van der Waals surface area contributed by atoms with Crippen LogP contribution in [0.15, 0.2) is 24.3 Å². The first kappa shape index (κ1) is 14.7. The van der Waals surface area contributed by atoms with Gasteiger partial charge in [-0.3, -0.25) is 0 Å². The Hall–Kier alpha value is -0.670. The van der Waals surface area contributed by atoms with Crippen LogP contribution < -0.4 is 10.1 Å². The zero-order valence-corrected chi connectivity index (χ0v) is 13.1. The molecule has 0 saturated carbocycles. The molecule has 1 N–H and O–H groups in total. The predicted octanol–water partition coefficient (Wildman–Crippen LogP) is 3.36. The minimum atomic E-state index is 0.430. The molecule has 3 heteroatoms. The van der Waals surface area contributed by atoms with Crippen molar-refractivity contribution in [1.29, 1.82) is 0 Å². The number of hydrogen-bond acceptors (Lipinski definition) is 3. The van der Waals surface area contributed by atoms with Crippen molar-refractivity contribution in [3.05, 3.63) is 29.8 Å². The van der Waals surface area contributed by atoms with E-state index in [-0.39, 0.29) is 0 Å². The Kier molecular flexibility index (Phi) is 5.17. The molecule has 0 bridgehead atoms. The van der Waals surface area contributed by atoms with E-state index < -0.39 is 0 Å². The molecular formula is C16H25NOS. The van der Waals surface area contributed by atoms with Crippen LogP contribution in [0.4, 0.5) is 0 Å². The maximum atomic E-state index is 5.26. The second-order valence-corrected chi connectivity index (χ2v) is 7.07. The van der Waals surface area contributed by atoms with Gasteiger partial charge in [-0.25, -0.2) is 0 Å². The van der Waals surface area contributed by atoms with Gasteiger partial charge >= 0.3 is 0 Å². The van der Waals surface area contributed by atoms with Crippen LogP contribution in [0.3, 0.4) is 0 Å². The van der Waals surface area contributed by atoms with Crippen molar-refractivity contribution in [2.75, 3.05) is 25.2 Å². The normalized spacial score (nSPS) is 22.2. The van der Waals surface area contributed by atoms with Crippen molar-refractivity contribution in [2.24, 2.45) is 5.41 Å². The third kappa shape index (κ3) is 4.15. The summed E-state index contributed by atoms with van der Waals surface area (Å²) >= 11 is 2.08. The van der Waals surface area contributed by atoms with Gasteiger partial charge in [0, 0.05) is 11.8 Å². The molecule has 1 unspecified atom stereocenters. The van der Waals surface area contributed by atoms with Gasteiger partial charge in [0.15, 0.2) is 0 Å². The van der Waals surface area contributed by atoms with E-state index in [1.165, 1.54) is 23.5 Å². The van der Waals surface area contributed by atoms with Crippen molar-refractivity contribution in [2.45, 2.75) is 32.7 Å². The lowest BCUT2D eigenvalue weighted by molar-refractivity contribution is 0.247.